The first-order valence-electron chi connectivity index (χ1n) is 6.23. The van der Waals surface area contributed by atoms with E-state index in [1.54, 1.807) is 6.92 Å². The highest BCUT2D eigenvalue weighted by Crippen LogP contribution is 2.34. The number of carbonyl (C=O) groups is 2. The summed E-state index contributed by atoms with van der Waals surface area (Å²) in [7, 11) is 1.20. The lowest BCUT2D eigenvalue weighted by atomic mass is 10.00. The minimum Gasteiger partial charge on any atom is -0.465 e. The smallest absolute Gasteiger partial charge is 0.337 e. The number of ether oxygens (including phenoxy) is 2. The van der Waals surface area contributed by atoms with Gasteiger partial charge in [-0.15, -0.1) is 0 Å². The van der Waals surface area contributed by atoms with Crippen LogP contribution in [0.15, 0.2) is 36.4 Å². The van der Waals surface area contributed by atoms with Crippen LogP contribution in [-0.4, -0.2) is 25.7 Å². The Morgan fingerprint density at radius 1 is 1.24 bits per heavy atom. The molecule has 1 aromatic rings. The predicted molar refractivity (Wildman–Crippen MR) is 72.1 cm³/mol. The molecule has 0 aliphatic rings. The molecule has 21 heavy (non-hydrogen) atoms. The molecule has 0 aromatic heterocycles. The van der Waals surface area contributed by atoms with Gasteiger partial charge in [-0.25, -0.2) is 18.4 Å². The molecule has 1 aromatic carbocycles. The number of methoxy groups -OCH3 is 1. The number of rotatable bonds is 6. The number of alkyl halides is 2. The molecule has 4 nitrogen and oxygen atoms in total. The van der Waals surface area contributed by atoms with E-state index in [-0.39, 0.29) is 23.3 Å². The Hall–Kier alpha value is -2.24. The van der Waals surface area contributed by atoms with E-state index in [1.165, 1.54) is 19.2 Å². The van der Waals surface area contributed by atoms with Crippen molar-refractivity contribution in [3.8, 4) is 0 Å². The Morgan fingerprint density at radius 3 is 2.29 bits per heavy atom. The Balaban J connectivity index is 2.85. The fourth-order valence-corrected chi connectivity index (χ4v) is 1.64. The van der Waals surface area contributed by atoms with Crippen LogP contribution in [0.3, 0.4) is 0 Å². The molecule has 0 atom stereocenters. The normalized spacial score (nSPS) is 10.9. The van der Waals surface area contributed by atoms with Crippen molar-refractivity contribution in [3.05, 3.63) is 47.5 Å². The van der Waals surface area contributed by atoms with Gasteiger partial charge in [-0.1, -0.05) is 18.7 Å². The van der Waals surface area contributed by atoms with E-state index in [0.29, 0.717) is 0 Å². The van der Waals surface area contributed by atoms with Crippen LogP contribution in [0.25, 0.3) is 0 Å². The zero-order chi connectivity index (χ0) is 16.0. The number of carbonyl (C=O) groups excluding carboxylic acids is 2. The molecule has 0 N–H and O–H groups in total. The maximum Gasteiger partial charge on any atom is 0.337 e. The van der Waals surface area contributed by atoms with E-state index in [0.717, 1.165) is 12.1 Å². The van der Waals surface area contributed by atoms with E-state index in [2.05, 4.69) is 16.1 Å². The first-order chi connectivity index (χ1) is 9.81. The summed E-state index contributed by atoms with van der Waals surface area (Å²) in [4.78, 5) is 22.5. The van der Waals surface area contributed by atoms with Crippen molar-refractivity contribution in [2.75, 3.05) is 13.7 Å². The van der Waals surface area contributed by atoms with Crippen LogP contribution in [-0.2, 0) is 20.2 Å². The lowest BCUT2D eigenvalue weighted by Gasteiger charge is -2.17. The maximum atomic E-state index is 14.0. The number of benzene rings is 1. The van der Waals surface area contributed by atoms with Crippen LogP contribution in [0.4, 0.5) is 8.78 Å². The first-order valence-corrected chi connectivity index (χ1v) is 6.23. The average Bonchev–Trinajstić information content (AvgIpc) is 2.46. The summed E-state index contributed by atoms with van der Waals surface area (Å²) in [5, 5.41) is 0. The van der Waals surface area contributed by atoms with E-state index in [1.807, 2.05) is 0 Å². The number of hydrogen-bond donors (Lipinski definition) is 0. The molecule has 1 rings (SSSR count). The maximum absolute atomic E-state index is 14.0. The molecule has 0 fully saturated rings. The van der Waals surface area contributed by atoms with Gasteiger partial charge in [0, 0.05) is 17.6 Å². The lowest BCUT2D eigenvalue weighted by Crippen LogP contribution is -2.18. The number of esters is 2. The highest BCUT2D eigenvalue weighted by atomic mass is 19.3. The zero-order valence-corrected chi connectivity index (χ0v) is 11.8. The van der Waals surface area contributed by atoms with Gasteiger partial charge in [-0.05, 0) is 19.1 Å². The van der Waals surface area contributed by atoms with Crippen molar-refractivity contribution < 1.29 is 27.8 Å². The van der Waals surface area contributed by atoms with Gasteiger partial charge in [0.1, 0.15) is 0 Å². The average molecular weight is 298 g/mol. The Labute approximate surface area is 121 Å². The summed E-state index contributed by atoms with van der Waals surface area (Å²) < 4.78 is 37.2. The van der Waals surface area contributed by atoms with Crippen LogP contribution in [0, 0.1) is 0 Å². The van der Waals surface area contributed by atoms with Crippen molar-refractivity contribution in [3.63, 3.8) is 0 Å². The molecule has 0 saturated heterocycles. The third-order valence-electron chi connectivity index (χ3n) is 2.73. The summed E-state index contributed by atoms with van der Waals surface area (Å²) in [6.07, 6.45) is -0.844. The molecule has 0 amide bonds. The number of hydrogen-bond acceptors (Lipinski definition) is 4. The molecule has 0 saturated carbocycles. The van der Waals surface area contributed by atoms with Gasteiger partial charge >= 0.3 is 11.9 Å². The number of halogens is 2. The monoisotopic (exact) mass is 298 g/mol. The van der Waals surface area contributed by atoms with E-state index >= 15 is 0 Å². The molecular weight excluding hydrogens is 282 g/mol. The molecule has 0 aliphatic heterocycles. The summed E-state index contributed by atoms with van der Waals surface area (Å²) in [6.45, 7) is 4.99. The Morgan fingerprint density at radius 2 is 1.81 bits per heavy atom. The van der Waals surface area contributed by atoms with Crippen molar-refractivity contribution in [2.45, 2.75) is 19.3 Å². The summed E-state index contributed by atoms with van der Waals surface area (Å²) in [5.74, 6) is -4.73. The van der Waals surface area contributed by atoms with Crippen molar-refractivity contribution in [1.29, 1.82) is 0 Å². The predicted octanol–water partition coefficient (Wildman–Crippen LogP) is 3.07. The fraction of sp³-hybridized carbons (Fsp3) is 0.333. The third kappa shape index (κ3) is 4.37. The molecule has 0 unspecified atom stereocenters. The first kappa shape index (κ1) is 16.8. The second kappa shape index (κ2) is 6.97. The minimum absolute atomic E-state index is 0.0945. The quantitative estimate of drug-likeness (QED) is 0.598. The van der Waals surface area contributed by atoms with Crippen molar-refractivity contribution in [1.82, 2.24) is 0 Å². The Bertz CT molecular complexity index is 535. The van der Waals surface area contributed by atoms with Gasteiger partial charge in [0.2, 0.25) is 0 Å². The van der Waals surface area contributed by atoms with Crippen LogP contribution >= 0.6 is 0 Å². The van der Waals surface area contributed by atoms with E-state index in [9.17, 15) is 18.4 Å². The van der Waals surface area contributed by atoms with Crippen molar-refractivity contribution in [2.24, 2.45) is 0 Å². The van der Waals surface area contributed by atoms with Crippen molar-refractivity contribution >= 4 is 11.9 Å². The molecule has 0 radical (unpaired) electrons. The molecule has 0 bridgehead atoms. The topological polar surface area (TPSA) is 52.6 Å². The molecule has 0 heterocycles. The zero-order valence-electron chi connectivity index (χ0n) is 11.8. The summed E-state index contributed by atoms with van der Waals surface area (Å²) in [5.41, 5.74) is -0.458. The Kier molecular flexibility index (Phi) is 5.58. The van der Waals surface area contributed by atoms with Gasteiger partial charge in [0.15, 0.2) is 0 Å². The van der Waals surface area contributed by atoms with Gasteiger partial charge in [0.05, 0.1) is 19.3 Å². The minimum atomic E-state index is -3.28. The summed E-state index contributed by atoms with van der Waals surface area (Å²) in [6, 6.07) is 4.71. The lowest BCUT2D eigenvalue weighted by molar-refractivity contribution is -0.139. The SMILES string of the molecule is C=C(CC(F)(F)c1ccc(C(=O)OC)cc1)C(=O)OCC. The molecule has 0 aliphatic carbocycles. The van der Waals surface area contributed by atoms with Gasteiger partial charge in [0.25, 0.3) is 5.92 Å². The van der Waals surface area contributed by atoms with Gasteiger partial charge in [-0.2, -0.15) is 0 Å². The standard InChI is InChI=1S/C15H16F2O4/c1-4-21-13(18)10(2)9-15(16,17)12-7-5-11(6-8-12)14(19)20-3/h5-8H,2,4,9H2,1,3H3. The van der Waals surface area contributed by atoms with Crippen LogP contribution in [0.2, 0.25) is 0 Å². The highest BCUT2D eigenvalue weighted by molar-refractivity contribution is 5.89. The second-order valence-corrected chi connectivity index (χ2v) is 4.27. The van der Waals surface area contributed by atoms with Crippen LogP contribution in [0.1, 0.15) is 29.3 Å². The molecular formula is C15H16F2O4. The largest absolute Gasteiger partial charge is 0.465 e. The summed E-state index contributed by atoms with van der Waals surface area (Å²) >= 11 is 0. The van der Waals surface area contributed by atoms with Gasteiger partial charge < -0.3 is 9.47 Å². The highest BCUT2D eigenvalue weighted by Gasteiger charge is 2.34. The third-order valence-corrected chi connectivity index (χ3v) is 2.73. The van der Waals surface area contributed by atoms with E-state index < -0.39 is 24.3 Å². The van der Waals surface area contributed by atoms with Crippen LogP contribution < -0.4 is 0 Å². The second-order valence-electron chi connectivity index (χ2n) is 4.27. The van der Waals surface area contributed by atoms with E-state index in [4.69, 9.17) is 0 Å². The van der Waals surface area contributed by atoms with Gasteiger partial charge in [-0.3, -0.25) is 0 Å². The molecule has 114 valence electrons. The van der Waals surface area contributed by atoms with Crippen LogP contribution in [0.5, 0.6) is 0 Å². The molecule has 6 heteroatoms. The fourth-order valence-electron chi connectivity index (χ4n) is 1.64. The molecule has 0 spiro atoms.